The molecule has 0 saturated carbocycles. The highest BCUT2D eigenvalue weighted by atomic mass is 16.5. The van der Waals surface area contributed by atoms with Crippen LogP contribution in [0.4, 0.5) is 0 Å². The van der Waals surface area contributed by atoms with Gasteiger partial charge in [0.25, 0.3) is 11.6 Å². The monoisotopic (exact) mass is 411 g/mol. The molecule has 0 aliphatic carbocycles. The van der Waals surface area contributed by atoms with Gasteiger partial charge in [0.2, 0.25) is 0 Å². The molecule has 7 nitrogen and oxygen atoms in total. The molecule has 3 rings (SSSR count). The zero-order valence-corrected chi connectivity index (χ0v) is 18.0. The Bertz CT molecular complexity index is 997. The van der Waals surface area contributed by atoms with Crippen LogP contribution in [0.25, 0.3) is 11.1 Å². The number of ether oxygens (including phenoxy) is 2. The molecule has 1 N–H and O–H groups in total. The van der Waals surface area contributed by atoms with E-state index in [1.807, 2.05) is 58.0 Å². The predicted molar refractivity (Wildman–Crippen MR) is 114 cm³/mol. The number of nitrogens with zero attached hydrogens (tertiary/aromatic N) is 2. The number of carbonyl (C=O) groups is 1. The van der Waals surface area contributed by atoms with E-state index in [2.05, 4.69) is 15.5 Å². The fraction of sp³-hybridized carbons (Fsp3) is 0.435. The van der Waals surface area contributed by atoms with Crippen molar-refractivity contribution in [3.63, 3.8) is 0 Å². The van der Waals surface area contributed by atoms with E-state index in [4.69, 9.17) is 14.0 Å². The molecule has 1 amide bonds. The van der Waals surface area contributed by atoms with Crippen molar-refractivity contribution in [1.29, 1.82) is 0 Å². The van der Waals surface area contributed by atoms with Crippen LogP contribution in [0.3, 0.4) is 0 Å². The maximum Gasteiger partial charge on any atom is 0.259 e. The Kier molecular flexibility index (Phi) is 7.54. The number of benzene rings is 1. The highest BCUT2D eigenvalue weighted by molar-refractivity contribution is 6.06. The van der Waals surface area contributed by atoms with Gasteiger partial charge in [0.1, 0.15) is 0 Å². The Labute approximate surface area is 176 Å². The number of nitrogens with one attached hydrogen (secondary N) is 1. The van der Waals surface area contributed by atoms with Crippen molar-refractivity contribution in [3.05, 3.63) is 58.4 Å². The van der Waals surface area contributed by atoms with Gasteiger partial charge in [0.15, 0.2) is 0 Å². The zero-order chi connectivity index (χ0) is 21.5. The number of fused-ring (bicyclic) bond motifs is 1. The van der Waals surface area contributed by atoms with Crippen LogP contribution in [-0.4, -0.2) is 35.9 Å². The Hall–Kier alpha value is -2.77. The summed E-state index contributed by atoms with van der Waals surface area (Å²) in [5.74, 6) is -0.000249. The summed E-state index contributed by atoms with van der Waals surface area (Å²) in [5, 5.41) is 7.64. The number of hydrogen-bond acceptors (Lipinski definition) is 6. The van der Waals surface area contributed by atoms with Gasteiger partial charge in [-0.3, -0.25) is 4.79 Å². The lowest BCUT2D eigenvalue weighted by Crippen LogP contribution is -2.23. The number of aromatic nitrogens is 2. The van der Waals surface area contributed by atoms with Gasteiger partial charge in [-0.05, 0) is 37.0 Å². The average Bonchev–Trinajstić information content (AvgIpc) is 3.12. The Balaban J connectivity index is 1.67. The third kappa shape index (κ3) is 5.43. The fourth-order valence-corrected chi connectivity index (χ4v) is 3.15. The van der Waals surface area contributed by atoms with Crippen LogP contribution in [0.2, 0.25) is 0 Å². The normalized spacial score (nSPS) is 11.4. The number of hydrogen-bond donors (Lipinski definition) is 1. The van der Waals surface area contributed by atoms with E-state index in [9.17, 15) is 4.79 Å². The van der Waals surface area contributed by atoms with Gasteiger partial charge in [-0.1, -0.05) is 43.3 Å². The quantitative estimate of drug-likeness (QED) is 0.505. The largest absolute Gasteiger partial charge is 0.379 e. The molecule has 160 valence electrons. The van der Waals surface area contributed by atoms with Crippen LogP contribution in [-0.2, 0) is 22.6 Å². The first-order valence-electron chi connectivity index (χ1n) is 10.3. The van der Waals surface area contributed by atoms with E-state index in [0.717, 1.165) is 16.8 Å². The van der Waals surface area contributed by atoms with Crippen LogP contribution >= 0.6 is 0 Å². The lowest BCUT2D eigenvalue weighted by Gasteiger charge is -2.11. The second kappa shape index (κ2) is 10.3. The van der Waals surface area contributed by atoms with Crippen molar-refractivity contribution in [2.24, 2.45) is 0 Å². The Morgan fingerprint density at radius 3 is 2.70 bits per heavy atom. The summed E-state index contributed by atoms with van der Waals surface area (Å²) >= 11 is 0. The molecule has 3 aromatic rings. The molecule has 2 heterocycles. The van der Waals surface area contributed by atoms with Crippen molar-refractivity contribution < 1.29 is 18.8 Å². The standard InChI is InChI=1S/C23H29N3O4/c1-5-28-9-10-29-14-18-8-6-7-17(11-18)13-24-22(27)19-12-20(15(2)3)25-23-21(19)16(4)26-30-23/h6-8,11-12,15H,5,9-10,13-14H2,1-4H3,(H,24,27). The fourth-order valence-electron chi connectivity index (χ4n) is 3.15. The number of aryl methyl sites for hydroxylation is 1. The molecular weight excluding hydrogens is 382 g/mol. The van der Waals surface area contributed by atoms with Crippen LogP contribution in [0.1, 0.15) is 59.6 Å². The molecule has 0 bridgehead atoms. The smallest absolute Gasteiger partial charge is 0.259 e. The maximum absolute atomic E-state index is 13.0. The molecule has 30 heavy (non-hydrogen) atoms. The summed E-state index contributed by atoms with van der Waals surface area (Å²) < 4.78 is 16.2. The highest BCUT2D eigenvalue weighted by Crippen LogP contribution is 2.25. The number of carbonyl (C=O) groups excluding carboxylic acids is 1. The molecule has 0 atom stereocenters. The summed E-state index contributed by atoms with van der Waals surface area (Å²) in [6.07, 6.45) is 0. The first kappa shape index (κ1) is 21.9. The summed E-state index contributed by atoms with van der Waals surface area (Å²) in [4.78, 5) is 17.5. The summed E-state index contributed by atoms with van der Waals surface area (Å²) in [7, 11) is 0. The molecule has 0 unspecified atom stereocenters. The molecule has 0 aliphatic rings. The first-order chi connectivity index (χ1) is 14.5. The topological polar surface area (TPSA) is 86.5 Å². The van der Waals surface area contributed by atoms with E-state index < -0.39 is 0 Å². The van der Waals surface area contributed by atoms with Crippen molar-refractivity contribution >= 4 is 17.0 Å². The molecule has 1 aromatic carbocycles. The first-order valence-corrected chi connectivity index (χ1v) is 10.3. The average molecular weight is 412 g/mol. The third-order valence-corrected chi connectivity index (χ3v) is 4.76. The molecule has 0 aliphatic heterocycles. The van der Waals surface area contributed by atoms with Gasteiger partial charge < -0.3 is 19.3 Å². The molecule has 2 aromatic heterocycles. The minimum atomic E-state index is -0.172. The van der Waals surface area contributed by atoms with Crippen molar-refractivity contribution in [1.82, 2.24) is 15.5 Å². The van der Waals surface area contributed by atoms with E-state index in [0.29, 0.717) is 55.3 Å². The van der Waals surface area contributed by atoms with Crippen molar-refractivity contribution in [3.8, 4) is 0 Å². The second-order valence-electron chi connectivity index (χ2n) is 7.45. The van der Waals surface area contributed by atoms with Gasteiger partial charge in [0.05, 0.1) is 36.5 Å². The highest BCUT2D eigenvalue weighted by Gasteiger charge is 2.19. The van der Waals surface area contributed by atoms with Gasteiger partial charge in [-0.15, -0.1) is 0 Å². The molecule has 0 saturated heterocycles. The minimum absolute atomic E-state index is 0.172. The van der Waals surface area contributed by atoms with E-state index in [1.54, 1.807) is 0 Å². The van der Waals surface area contributed by atoms with E-state index >= 15 is 0 Å². The van der Waals surface area contributed by atoms with Crippen molar-refractivity contribution in [2.75, 3.05) is 19.8 Å². The minimum Gasteiger partial charge on any atom is -0.379 e. The van der Waals surface area contributed by atoms with Crippen LogP contribution < -0.4 is 5.32 Å². The number of rotatable bonds is 10. The summed E-state index contributed by atoms with van der Waals surface area (Å²) in [5.41, 5.74) is 4.46. The van der Waals surface area contributed by atoms with Gasteiger partial charge in [-0.25, -0.2) is 4.98 Å². The van der Waals surface area contributed by atoms with E-state index in [1.165, 1.54) is 0 Å². The number of amides is 1. The SMILES string of the molecule is CCOCCOCc1cccc(CNC(=O)c2cc(C(C)C)nc3onc(C)c23)c1. The van der Waals surface area contributed by atoms with Gasteiger partial charge in [-0.2, -0.15) is 0 Å². The Morgan fingerprint density at radius 2 is 1.93 bits per heavy atom. The van der Waals surface area contributed by atoms with Crippen LogP contribution in [0.15, 0.2) is 34.9 Å². The molecule has 0 fully saturated rings. The molecule has 0 radical (unpaired) electrons. The second-order valence-corrected chi connectivity index (χ2v) is 7.45. The van der Waals surface area contributed by atoms with Crippen LogP contribution in [0.5, 0.6) is 0 Å². The maximum atomic E-state index is 13.0. The molecule has 7 heteroatoms. The molecule has 0 spiro atoms. The Morgan fingerprint density at radius 1 is 1.17 bits per heavy atom. The van der Waals surface area contributed by atoms with Gasteiger partial charge in [0, 0.05) is 18.8 Å². The molecular formula is C23H29N3O4. The third-order valence-electron chi connectivity index (χ3n) is 4.76. The lowest BCUT2D eigenvalue weighted by atomic mass is 10.0. The number of pyridine rings is 1. The summed E-state index contributed by atoms with van der Waals surface area (Å²) in [6.45, 7) is 10.6. The van der Waals surface area contributed by atoms with Crippen molar-refractivity contribution in [2.45, 2.75) is 46.8 Å². The van der Waals surface area contributed by atoms with Crippen LogP contribution in [0, 0.1) is 6.92 Å². The zero-order valence-electron chi connectivity index (χ0n) is 18.0. The summed E-state index contributed by atoms with van der Waals surface area (Å²) in [6, 6.07) is 9.82. The van der Waals surface area contributed by atoms with Gasteiger partial charge >= 0.3 is 0 Å². The van der Waals surface area contributed by atoms with E-state index in [-0.39, 0.29) is 11.8 Å². The predicted octanol–water partition coefficient (Wildman–Crippen LogP) is 4.14. The lowest BCUT2D eigenvalue weighted by molar-refractivity contribution is 0.0453.